The predicted molar refractivity (Wildman–Crippen MR) is 49.3 cm³/mol. The second kappa shape index (κ2) is 4.01. The van der Waals surface area contributed by atoms with Crippen LogP contribution in [0.2, 0.25) is 0 Å². The number of aromatic nitrogens is 1. The van der Waals surface area contributed by atoms with Crippen molar-refractivity contribution in [3.63, 3.8) is 0 Å². The molecule has 0 spiro atoms. The van der Waals surface area contributed by atoms with Crippen LogP contribution in [0.1, 0.15) is 5.69 Å². The molecule has 3 N–H and O–H groups in total. The van der Waals surface area contributed by atoms with E-state index in [2.05, 4.69) is 10.4 Å². The normalized spacial score (nSPS) is 17.0. The van der Waals surface area contributed by atoms with Crippen LogP contribution in [0.3, 0.4) is 0 Å². The number of rotatable bonds is 4. The first kappa shape index (κ1) is 8.89. The highest BCUT2D eigenvalue weighted by atomic mass is 32.1. The molecule has 5 nitrogen and oxygen atoms in total. The van der Waals surface area contributed by atoms with Crippen LogP contribution in [0, 0.1) is 0 Å². The molecule has 1 aliphatic rings. The number of thiazole rings is 1. The Labute approximate surface area is 79.8 Å². The third-order valence-corrected chi connectivity index (χ3v) is 2.57. The van der Waals surface area contributed by atoms with Crippen molar-refractivity contribution in [2.24, 2.45) is 5.84 Å². The topological polar surface area (TPSA) is 69.4 Å². The van der Waals surface area contributed by atoms with Crippen molar-refractivity contribution in [1.29, 1.82) is 0 Å². The number of hydrazine groups is 1. The lowest BCUT2D eigenvalue weighted by Gasteiger charge is -2.25. The summed E-state index contributed by atoms with van der Waals surface area (Å²) in [6.45, 7) is 1.93. The van der Waals surface area contributed by atoms with E-state index in [4.69, 9.17) is 15.3 Å². The van der Waals surface area contributed by atoms with E-state index in [1.54, 1.807) is 0 Å². The smallest absolute Gasteiger partial charge is 0.197 e. The summed E-state index contributed by atoms with van der Waals surface area (Å²) in [5.41, 5.74) is 3.40. The summed E-state index contributed by atoms with van der Waals surface area (Å²) in [6, 6.07) is 0. The molecule has 1 fully saturated rings. The van der Waals surface area contributed by atoms with Crippen molar-refractivity contribution in [2.45, 2.75) is 12.7 Å². The van der Waals surface area contributed by atoms with Crippen molar-refractivity contribution in [2.75, 3.05) is 18.6 Å². The minimum Gasteiger partial charge on any atom is -0.376 e. The molecule has 0 aromatic carbocycles. The highest BCUT2D eigenvalue weighted by Crippen LogP contribution is 2.16. The largest absolute Gasteiger partial charge is 0.376 e. The average molecular weight is 201 g/mol. The predicted octanol–water partition coefficient (Wildman–Crippen LogP) is 0.344. The van der Waals surface area contributed by atoms with Gasteiger partial charge in [-0.3, -0.25) is 5.43 Å². The summed E-state index contributed by atoms with van der Waals surface area (Å²) >= 11 is 1.47. The van der Waals surface area contributed by atoms with Gasteiger partial charge in [0.2, 0.25) is 0 Å². The number of nitrogen functional groups attached to an aromatic ring is 1. The van der Waals surface area contributed by atoms with Gasteiger partial charge in [0, 0.05) is 5.38 Å². The van der Waals surface area contributed by atoms with Crippen LogP contribution in [0.4, 0.5) is 5.13 Å². The van der Waals surface area contributed by atoms with Gasteiger partial charge in [-0.1, -0.05) is 0 Å². The molecule has 0 radical (unpaired) electrons. The monoisotopic (exact) mass is 201 g/mol. The van der Waals surface area contributed by atoms with E-state index in [1.165, 1.54) is 11.3 Å². The van der Waals surface area contributed by atoms with Gasteiger partial charge in [-0.25, -0.2) is 10.8 Å². The molecule has 0 bridgehead atoms. The molecule has 2 heterocycles. The first-order valence-electron chi connectivity index (χ1n) is 3.99. The third-order valence-electron chi connectivity index (χ3n) is 1.75. The van der Waals surface area contributed by atoms with Gasteiger partial charge in [-0.15, -0.1) is 11.3 Å². The van der Waals surface area contributed by atoms with Crippen molar-refractivity contribution < 1.29 is 9.47 Å². The number of hydrogen-bond donors (Lipinski definition) is 2. The molecule has 0 saturated carbocycles. The summed E-state index contributed by atoms with van der Waals surface area (Å²) in [5, 5.41) is 2.64. The minimum absolute atomic E-state index is 0.246. The number of ether oxygens (including phenoxy) is 2. The highest BCUT2D eigenvalue weighted by molar-refractivity contribution is 7.13. The first-order valence-corrected chi connectivity index (χ1v) is 4.87. The van der Waals surface area contributed by atoms with Crippen LogP contribution in [-0.4, -0.2) is 24.3 Å². The molecule has 0 atom stereocenters. The molecule has 13 heavy (non-hydrogen) atoms. The fraction of sp³-hybridized carbons (Fsp3) is 0.571. The van der Waals surface area contributed by atoms with Crippen LogP contribution >= 0.6 is 11.3 Å². The molecule has 72 valence electrons. The van der Waals surface area contributed by atoms with Gasteiger partial charge in [0.15, 0.2) is 5.13 Å². The molecular weight excluding hydrogens is 190 g/mol. The van der Waals surface area contributed by atoms with E-state index in [-0.39, 0.29) is 6.10 Å². The molecule has 1 aromatic heterocycles. The Bertz CT molecular complexity index is 274. The Morgan fingerprint density at radius 2 is 2.62 bits per heavy atom. The standard InChI is InChI=1S/C7H11N3O2S/c8-10-7-9-5(4-13-7)1-12-6-2-11-3-6/h4,6H,1-3,8H2,(H,9,10). The molecule has 6 heteroatoms. The SMILES string of the molecule is NNc1nc(COC2COC2)cs1. The molecule has 0 unspecified atom stereocenters. The molecule has 1 aliphatic heterocycles. The maximum absolute atomic E-state index is 5.47. The van der Waals surface area contributed by atoms with Gasteiger partial charge < -0.3 is 9.47 Å². The lowest BCUT2D eigenvalue weighted by molar-refractivity contribution is -0.135. The second-order valence-corrected chi connectivity index (χ2v) is 3.62. The van der Waals surface area contributed by atoms with Gasteiger partial charge in [0.05, 0.1) is 25.5 Å². The van der Waals surface area contributed by atoms with Crippen molar-refractivity contribution >= 4 is 16.5 Å². The van der Waals surface area contributed by atoms with Gasteiger partial charge in [-0.2, -0.15) is 0 Å². The van der Waals surface area contributed by atoms with E-state index in [0.717, 1.165) is 5.69 Å². The fourth-order valence-corrected chi connectivity index (χ4v) is 1.56. The average Bonchev–Trinajstić information content (AvgIpc) is 2.49. The van der Waals surface area contributed by atoms with Crippen molar-refractivity contribution in [3.8, 4) is 0 Å². The molecule has 2 rings (SSSR count). The number of anilines is 1. The second-order valence-electron chi connectivity index (χ2n) is 2.76. The Morgan fingerprint density at radius 3 is 3.15 bits per heavy atom. The maximum Gasteiger partial charge on any atom is 0.197 e. The Balaban J connectivity index is 1.79. The Kier molecular flexibility index (Phi) is 2.74. The third kappa shape index (κ3) is 2.16. The van der Waals surface area contributed by atoms with Gasteiger partial charge in [0.1, 0.15) is 6.10 Å². The van der Waals surface area contributed by atoms with Crippen molar-refractivity contribution in [3.05, 3.63) is 11.1 Å². The molecule has 1 aromatic rings. The van der Waals surface area contributed by atoms with E-state index in [9.17, 15) is 0 Å². The maximum atomic E-state index is 5.47. The number of nitrogens with one attached hydrogen (secondary N) is 1. The zero-order valence-corrected chi connectivity index (χ0v) is 7.84. The van der Waals surface area contributed by atoms with E-state index in [1.807, 2.05) is 5.38 Å². The molecular formula is C7H11N3O2S. The quantitative estimate of drug-likeness (QED) is 0.543. The van der Waals surface area contributed by atoms with Crippen LogP contribution in [0.5, 0.6) is 0 Å². The van der Waals surface area contributed by atoms with Gasteiger partial charge >= 0.3 is 0 Å². The van der Waals surface area contributed by atoms with Crippen LogP contribution in [0.15, 0.2) is 5.38 Å². The summed E-state index contributed by atoms with van der Waals surface area (Å²) in [7, 11) is 0. The van der Waals surface area contributed by atoms with Gasteiger partial charge in [0.25, 0.3) is 0 Å². The zero-order valence-electron chi connectivity index (χ0n) is 7.03. The molecule has 0 amide bonds. The minimum atomic E-state index is 0.246. The Morgan fingerprint density at radius 1 is 1.77 bits per heavy atom. The number of nitrogens with two attached hydrogens (primary N) is 1. The summed E-state index contributed by atoms with van der Waals surface area (Å²) in [6.07, 6.45) is 0.246. The fourth-order valence-electron chi connectivity index (χ4n) is 0.953. The highest BCUT2D eigenvalue weighted by Gasteiger charge is 2.18. The summed E-state index contributed by atoms with van der Waals surface area (Å²) < 4.78 is 10.4. The van der Waals surface area contributed by atoms with Crippen LogP contribution in [0.25, 0.3) is 0 Å². The van der Waals surface area contributed by atoms with Crippen LogP contribution < -0.4 is 11.3 Å². The summed E-state index contributed by atoms with van der Waals surface area (Å²) in [5.74, 6) is 5.19. The number of hydrogen-bond acceptors (Lipinski definition) is 6. The van der Waals surface area contributed by atoms with Gasteiger partial charge in [-0.05, 0) is 0 Å². The zero-order chi connectivity index (χ0) is 9.10. The van der Waals surface area contributed by atoms with E-state index >= 15 is 0 Å². The van der Waals surface area contributed by atoms with Crippen LogP contribution in [-0.2, 0) is 16.1 Å². The molecule has 1 saturated heterocycles. The van der Waals surface area contributed by atoms with E-state index in [0.29, 0.717) is 25.0 Å². The van der Waals surface area contributed by atoms with E-state index < -0.39 is 0 Å². The lowest BCUT2D eigenvalue weighted by Crippen LogP contribution is -2.35. The summed E-state index contributed by atoms with van der Waals surface area (Å²) in [4.78, 5) is 4.18. The first-order chi connectivity index (χ1) is 6.38. The number of nitrogens with zero attached hydrogens (tertiary/aromatic N) is 1. The Hall–Kier alpha value is -0.690. The van der Waals surface area contributed by atoms with Crippen molar-refractivity contribution in [1.82, 2.24) is 4.98 Å². The lowest BCUT2D eigenvalue weighted by atomic mass is 10.3. The molecule has 0 aliphatic carbocycles.